The van der Waals surface area contributed by atoms with Gasteiger partial charge in [0.25, 0.3) is 21.0 Å². The van der Waals surface area contributed by atoms with Gasteiger partial charge in [-0.1, -0.05) is 23.2 Å². The molecule has 2 heterocycles. The fourth-order valence-corrected chi connectivity index (χ4v) is 3.88. The van der Waals surface area contributed by atoms with E-state index < -0.39 is 21.1 Å². The Morgan fingerprint density at radius 2 is 1.96 bits per heavy atom. The molecular weight excluding hydrogens is 429 g/mol. The van der Waals surface area contributed by atoms with Crippen molar-refractivity contribution in [1.29, 1.82) is 0 Å². The topological polar surface area (TPSA) is 116 Å². The van der Waals surface area contributed by atoms with E-state index in [0.717, 1.165) is 0 Å². The van der Waals surface area contributed by atoms with E-state index in [4.69, 9.17) is 27.9 Å². The average Bonchev–Trinajstić information content (AvgIpc) is 3.04. The molecule has 0 aliphatic heterocycles. The predicted octanol–water partition coefficient (Wildman–Crippen LogP) is 3.11. The number of nitrogens with zero attached hydrogens (tertiary/aromatic N) is 4. The van der Waals surface area contributed by atoms with Crippen molar-refractivity contribution in [3.8, 4) is 0 Å². The molecule has 0 unspecified atom stereocenters. The van der Waals surface area contributed by atoms with Gasteiger partial charge in [-0.15, -0.1) is 5.10 Å². The molecule has 1 N–H and O–H groups in total. The molecule has 0 saturated heterocycles. The fourth-order valence-electron chi connectivity index (χ4n) is 2.26. The Hall–Kier alpha value is -2.43. The highest BCUT2D eigenvalue weighted by atomic mass is 35.5. The van der Waals surface area contributed by atoms with Gasteiger partial charge in [-0.2, -0.15) is 13.4 Å². The maximum atomic E-state index is 12.7. The van der Waals surface area contributed by atoms with Crippen LogP contribution in [0.5, 0.6) is 0 Å². The molecule has 3 rings (SSSR count). The highest BCUT2D eigenvalue weighted by Gasteiger charge is 2.26. The van der Waals surface area contributed by atoms with Crippen LogP contribution in [-0.2, 0) is 14.8 Å². The molecule has 28 heavy (non-hydrogen) atoms. The van der Waals surface area contributed by atoms with Crippen LogP contribution in [-0.4, -0.2) is 40.1 Å². The normalized spacial score (nSPS) is 11.8. The Morgan fingerprint density at radius 3 is 2.61 bits per heavy atom. The van der Waals surface area contributed by atoms with Crippen LogP contribution in [0.25, 0.3) is 5.78 Å². The number of anilines is 1. The third-order valence-corrected chi connectivity index (χ3v) is 5.38. The van der Waals surface area contributed by atoms with E-state index >= 15 is 0 Å². The van der Waals surface area contributed by atoms with Gasteiger partial charge in [-0.05, 0) is 39.0 Å². The number of esters is 1. The maximum Gasteiger partial charge on any atom is 0.339 e. The van der Waals surface area contributed by atoms with E-state index in [0.29, 0.717) is 5.69 Å². The second-order valence-corrected chi connectivity index (χ2v) is 8.40. The molecule has 0 spiro atoms. The van der Waals surface area contributed by atoms with Gasteiger partial charge in [0.2, 0.25) is 0 Å². The van der Waals surface area contributed by atoms with Gasteiger partial charge in [0, 0.05) is 11.9 Å². The Balaban J connectivity index is 2.01. The summed E-state index contributed by atoms with van der Waals surface area (Å²) in [4.78, 5) is 20.0. The predicted molar refractivity (Wildman–Crippen MR) is 103 cm³/mol. The first-order chi connectivity index (χ1) is 13.1. The Bertz CT molecular complexity index is 1180. The quantitative estimate of drug-likeness (QED) is 0.602. The largest absolute Gasteiger partial charge is 0.459 e. The number of fused-ring (bicyclic) bond motifs is 1. The molecule has 148 valence electrons. The van der Waals surface area contributed by atoms with E-state index in [9.17, 15) is 13.2 Å². The highest BCUT2D eigenvalue weighted by molar-refractivity contribution is 7.92. The van der Waals surface area contributed by atoms with E-state index in [-0.39, 0.29) is 33.2 Å². The lowest BCUT2D eigenvalue weighted by atomic mass is 10.2. The number of hydrogen-bond acceptors (Lipinski definition) is 7. The summed E-state index contributed by atoms with van der Waals surface area (Å²) in [5, 5.41) is 3.23. The van der Waals surface area contributed by atoms with Gasteiger partial charge >= 0.3 is 5.97 Å². The Morgan fingerprint density at radius 1 is 1.25 bits per heavy atom. The molecular formula is C16H15Cl2N5O4S. The van der Waals surface area contributed by atoms with E-state index in [2.05, 4.69) is 19.8 Å². The number of nitrogens with one attached hydrogen (secondary N) is 1. The first-order valence-corrected chi connectivity index (χ1v) is 10.2. The third-order valence-electron chi connectivity index (χ3n) is 3.54. The minimum atomic E-state index is -4.26. The fraction of sp³-hybridized carbons (Fsp3) is 0.250. The number of sulfonamides is 1. The number of aromatic nitrogens is 4. The molecule has 0 saturated carbocycles. The molecule has 0 bridgehead atoms. The summed E-state index contributed by atoms with van der Waals surface area (Å²) in [7, 11) is -4.26. The summed E-state index contributed by atoms with van der Waals surface area (Å²) in [6, 6.07) is 4.34. The third kappa shape index (κ3) is 3.89. The smallest absolute Gasteiger partial charge is 0.339 e. The molecule has 9 nitrogen and oxygen atoms in total. The molecule has 3 aromatic rings. The minimum absolute atomic E-state index is 0.00672. The van der Waals surface area contributed by atoms with Crippen molar-refractivity contribution in [3.63, 3.8) is 0 Å². The van der Waals surface area contributed by atoms with E-state index in [1.807, 2.05) is 0 Å². The summed E-state index contributed by atoms with van der Waals surface area (Å²) in [6.07, 6.45) is 1.11. The average molecular weight is 444 g/mol. The number of carbonyl (C=O) groups excluding carboxylic acids is 1. The van der Waals surface area contributed by atoms with Gasteiger partial charge in [0.15, 0.2) is 0 Å². The van der Waals surface area contributed by atoms with Crippen molar-refractivity contribution in [2.75, 3.05) is 4.72 Å². The Kier molecular flexibility index (Phi) is 5.46. The number of rotatable bonds is 5. The van der Waals surface area contributed by atoms with Crippen LogP contribution in [0.1, 0.15) is 29.9 Å². The van der Waals surface area contributed by atoms with E-state index in [1.165, 1.54) is 22.8 Å². The van der Waals surface area contributed by atoms with Crippen LogP contribution in [0.2, 0.25) is 10.0 Å². The van der Waals surface area contributed by atoms with Gasteiger partial charge in [-0.3, -0.25) is 4.72 Å². The molecule has 0 aliphatic rings. The Labute approximate surface area is 170 Å². The van der Waals surface area contributed by atoms with Crippen molar-refractivity contribution in [2.24, 2.45) is 0 Å². The standard InChI is InChI=1S/C16H15Cl2N5O4S/c1-8(2)27-14(24)10-4-5-11(17)13(12(10)18)22-28(25,26)16-20-15-19-7-6-9(3)23(15)21-16/h4-8,22H,1-3H3. The van der Waals surface area contributed by atoms with Crippen molar-refractivity contribution < 1.29 is 17.9 Å². The first kappa shape index (κ1) is 20.3. The maximum absolute atomic E-state index is 12.7. The molecule has 1 aromatic carbocycles. The summed E-state index contributed by atoms with van der Waals surface area (Å²) >= 11 is 12.3. The molecule has 0 amide bonds. The van der Waals surface area contributed by atoms with Crippen LogP contribution >= 0.6 is 23.2 Å². The highest BCUT2D eigenvalue weighted by Crippen LogP contribution is 2.35. The second-order valence-electron chi connectivity index (χ2n) is 6.04. The lowest BCUT2D eigenvalue weighted by molar-refractivity contribution is 0.0378. The lowest BCUT2D eigenvalue weighted by Crippen LogP contribution is -2.17. The number of aryl methyl sites for hydroxylation is 1. The molecule has 12 heteroatoms. The van der Waals surface area contributed by atoms with Crippen molar-refractivity contribution in [1.82, 2.24) is 19.6 Å². The number of benzene rings is 1. The summed E-state index contributed by atoms with van der Waals surface area (Å²) < 4.78 is 34.1. The summed E-state index contributed by atoms with van der Waals surface area (Å²) in [6.45, 7) is 5.08. The molecule has 2 aromatic heterocycles. The molecule has 0 aliphatic carbocycles. The monoisotopic (exact) mass is 443 g/mol. The molecule has 0 radical (unpaired) electrons. The van der Waals surface area contributed by atoms with Gasteiger partial charge in [-0.25, -0.2) is 14.3 Å². The zero-order valence-corrected chi connectivity index (χ0v) is 17.3. The number of ether oxygens (including phenoxy) is 1. The number of hydrogen-bond donors (Lipinski definition) is 1. The lowest BCUT2D eigenvalue weighted by Gasteiger charge is -2.13. The van der Waals surface area contributed by atoms with Gasteiger partial charge < -0.3 is 4.74 Å². The zero-order chi connectivity index (χ0) is 20.6. The number of halogens is 2. The van der Waals surface area contributed by atoms with E-state index in [1.54, 1.807) is 26.8 Å². The SMILES string of the molecule is Cc1ccnc2nc(S(=O)(=O)Nc3c(Cl)ccc(C(=O)OC(C)C)c3Cl)nn12. The van der Waals surface area contributed by atoms with Crippen LogP contribution in [0.15, 0.2) is 29.6 Å². The first-order valence-electron chi connectivity index (χ1n) is 8.00. The van der Waals surface area contributed by atoms with Gasteiger partial charge in [0.05, 0.1) is 27.4 Å². The summed E-state index contributed by atoms with van der Waals surface area (Å²) in [5.41, 5.74) is 0.441. The van der Waals surface area contributed by atoms with Crippen molar-refractivity contribution >= 4 is 50.7 Å². The van der Waals surface area contributed by atoms with Crippen molar-refractivity contribution in [3.05, 3.63) is 45.7 Å². The second kappa shape index (κ2) is 7.53. The minimum Gasteiger partial charge on any atom is -0.459 e. The molecule has 0 atom stereocenters. The zero-order valence-electron chi connectivity index (χ0n) is 15.0. The van der Waals surface area contributed by atoms with Crippen LogP contribution in [0, 0.1) is 6.92 Å². The van der Waals surface area contributed by atoms with Crippen molar-refractivity contribution in [2.45, 2.75) is 32.0 Å². The van der Waals surface area contributed by atoms with Crippen LogP contribution < -0.4 is 4.72 Å². The molecule has 0 fully saturated rings. The van der Waals surface area contributed by atoms with Gasteiger partial charge in [0.1, 0.15) is 0 Å². The number of carbonyl (C=O) groups is 1. The van der Waals surface area contributed by atoms with Crippen LogP contribution in [0.3, 0.4) is 0 Å². The summed E-state index contributed by atoms with van der Waals surface area (Å²) in [5.74, 6) is -0.588. The van der Waals surface area contributed by atoms with Crippen LogP contribution in [0.4, 0.5) is 5.69 Å².